The van der Waals surface area contributed by atoms with Crippen molar-refractivity contribution in [1.82, 2.24) is 10.6 Å². The van der Waals surface area contributed by atoms with Crippen LogP contribution in [0, 0.1) is 0 Å². The molecule has 1 atom stereocenters. The minimum Gasteiger partial charge on any atom is -0.319 e. The largest absolute Gasteiger partial charge is 0.322 e. The Morgan fingerprint density at radius 2 is 1.88 bits per heavy atom. The third-order valence-electron chi connectivity index (χ3n) is 2.81. The van der Waals surface area contributed by atoms with Crippen molar-refractivity contribution in [2.45, 2.75) is 18.9 Å². The minimum absolute atomic E-state index is 0.290. The molecule has 1 aromatic rings. The van der Waals surface area contributed by atoms with Crippen LogP contribution in [0.2, 0.25) is 0 Å². The predicted molar refractivity (Wildman–Crippen MR) is 62.8 cm³/mol. The number of carbonyl (C=O) groups is 2. The molecule has 1 heterocycles. The van der Waals surface area contributed by atoms with E-state index in [0.29, 0.717) is 6.42 Å². The molecule has 1 saturated heterocycles. The van der Waals surface area contributed by atoms with Crippen molar-refractivity contribution in [3.8, 4) is 0 Å². The van der Waals surface area contributed by atoms with Crippen molar-refractivity contribution in [2.24, 2.45) is 0 Å². The van der Waals surface area contributed by atoms with Crippen LogP contribution in [-0.4, -0.2) is 11.9 Å². The summed E-state index contributed by atoms with van der Waals surface area (Å²) >= 11 is 3.33. The molecule has 0 spiro atoms. The van der Waals surface area contributed by atoms with Crippen LogP contribution in [0.5, 0.6) is 0 Å². The van der Waals surface area contributed by atoms with E-state index in [4.69, 9.17) is 0 Å². The summed E-state index contributed by atoms with van der Waals surface area (Å²) in [7, 11) is 0. The molecule has 1 aromatic carbocycles. The van der Waals surface area contributed by atoms with E-state index in [2.05, 4.69) is 26.6 Å². The Morgan fingerprint density at radius 3 is 2.31 bits per heavy atom. The lowest BCUT2D eigenvalue weighted by atomic mass is 9.87. The van der Waals surface area contributed by atoms with Gasteiger partial charge in [0, 0.05) is 4.47 Å². The maximum absolute atomic E-state index is 11.8. The summed E-state index contributed by atoms with van der Waals surface area (Å²) in [6.45, 7) is 1.87. The van der Waals surface area contributed by atoms with E-state index in [1.165, 1.54) is 0 Å². The fourth-order valence-corrected chi connectivity index (χ4v) is 2.15. The zero-order chi connectivity index (χ0) is 11.8. The van der Waals surface area contributed by atoms with Gasteiger partial charge in [-0.25, -0.2) is 4.79 Å². The first kappa shape index (κ1) is 11.1. The van der Waals surface area contributed by atoms with Crippen LogP contribution in [-0.2, 0) is 10.3 Å². The molecule has 0 radical (unpaired) electrons. The van der Waals surface area contributed by atoms with Crippen molar-refractivity contribution in [3.63, 3.8) is 0 Å². The molecular formula is C11H11BrN2O2. The molecule has 84 valence electrons. The number of halogens is 1. The molecular weight excluding hydrogens is 272 g/mol. The number of benzene rings is 1. The van der Waals surface area contributed by atoms with E-state index in [-0.39, 0.29) is 5.91 Å². The molecule has 1 fully saturated rings. The van der Waals surface area contributed by atoms with E-state index in [1.807, 2.05) is 31.2 Å². The smallest absolute Gasteiger partial charge is 0.319 e. The zero-order valence-electron chi connectivity index (χ0n) is 8.71. The molecule has 1 aliphatic heterocycles. The van der Waals surface area contributed by atoms with E-state index in [1.54, 1.807) is 0 Å². The van der Waals surface area contributed by atoms with E-state index in [9.17, 15) is 9.59 Å². The van der Waals surface area contributed by atoms with E-state index in [0.717, 1.165) is 10.0 Å². The molecule has 3 amide bonds. The molecule has 16 heavy (non-hydrogen) atoms. The second-order valence-corrected chi connectivity index (χ2v) is 4.59. The van der Waals surface area contributed by atoms with Gasteiger partial charge < -0.3 is 5.32 Å². The summed E-state index contributed by atoms with van der Waals surface area (Å²) in [5, 5.41) is 4.96. The first-order valence-corrected chi connectivity index (χ1v) is 5.77. The van der Waals surface area contributed by atoms with Crippen LogP contribution in [0.4, 0.5) is 4.79 Å². The summed E-state index contributed by atoms with van der Waals surface area (Å²) in [4.78, 5) is 23.0. The average molecular weight is 283 g/mol. The fraction of sp³-hybridized carbons (Fsp3) is 0.273. The van der Waals surface area contributed by atoms with Gasteiger partial charge in [0.05, 0.1) is 0 Å². The normalized spacial score (nSPS) is 24.1. The highest BCUT2D eigenvalue weighted by molar-refractivity contribution is 9.10. The van der Waals surface area contributed by atoms with Crippen molar-refractivity contribution in [1.29, 1.82) is 0 Å². The van der Waals surface area contributed by atoms with Crippen molar-refractivity contribution < 1.29 is 9.59 Å². The number of rotatable bonds is 2. The second-order valence-electron chi connectivity index (χ2n) is 3.67. The first-order chi connectivity index (χ1) is 7.58. The van der Waals surface area contributed by atoms with Gasteiger partial charge >= 0.3 is 6.03 Å². The van der Waals surface area contributed by atoms with Crippen molar-refractivity contribution >= 4 is 27.9 Å². The summed E-state index contributed by atoms with van der Waals surface area (Å²) in [5.74, 6) is -0.290. The Hall–Kier alpha value is -1.36. The van der Waals surface area contributed by atoms with Crippen molar-refractivity contribution in [3.05, 3.63) is 34.3 Å². The Balaban J connectivity index is 2.46. The van der Waals surface area contributed by atoms with Crippen LogP contribution >= 0.6 is 15.9 Å². The fourth-order valence-electron chi connectivity index (χ4n) is 1.88. The van der Waals surface area contributed by atoms with Crippen LogP contribution in [0.25, 0.3) is 0 Å². The molecule has 4 nitrogen and oxygen atoms in total. The quantitative estimate of drug-likeness (QED) is 0.814. The summed E-state index contributed by atoms with van der Waals surface area (Å²) < 4.78 is 0.937. The molecule has 0 unspecified atom stereocenters. The molecule has 0 saturated carbocycles. The van der Waals surface area contributed by atoms with Gasteiger partial charge in [0.25, 0.3) is 5.91 Å². The van der Waals surface area contributed by atoms with Gasteiger partial charge in [0.1, 0.15) is 5.54 Å². The maximum atomic E-state index is 11.8. The highest BCUT2D eigenvalue weighted by atomic mass is 79.9. The SMILES string of the molecule is CC[C@]1(c2ccc(Br)cc2)NC(=O)NC1=O. The average Bonchev–Trinajstić information content (AvgIpc) is 2.55. The van der Waals surface area contributed by atoms with Crippen LogP contribution in [0.1, 0.15) is 18.9 Å². The number of nitrogens with one attached hydrogen (secondary N) is 2. The Kier molecular flexibility index (Phi) is 2.71. The summed E-state index contributed by atoms with van der Waals surface area (Å²) in [6.07, 6.45) is 0.520. The van der Waals surface area contributed by atoms with Crippen LogP contribution < -0.4 is 10.6 Å². The monoisotopic (exact) mass is 282 g/mol. The van der Waals surface area contributed by atoms with Gasteiger partial charge in [-0.15, -0.1) is 0 Å². The predicted octanol–water partition coefficient (Wildman–Crippen LogP) is 1.89. The number of hydrogen-bond donors (Lipinski definition) is 2. The highest BCUT2D eigenvalue weighted by Gasteiger charge is 2.45. The Morgan fingerprint density at radius 1 is 1.25 bits per heavy atom. The van der Waals surface area contributed by atoms with E-state index < -0.39 is 11.6 Å². The lowest BCUT2D eigenvalue weighted by molar-refractivity contribution is -0.124. The Bertz CT molecular complexity index is 444. The van der Waals surface area contributed by atoms with Gasteiger partial charge in [-0.05, 0) is 24.1 Å². The number of carbonyl (C=O) groups excluding carboxylic acids is 2. The van der Waals surface area contributed by atoms with Gasteiger partial charge in [0.2, 0.25) is 0 Å². The Labute approximate surface area is 102 Å². The molecule has 0 bridgehead atoms. The van der Waals surface area contributed by atoms with Crippen LogP contribution in [0.15, 0.2) is 28.7 Å². The third kappa shape index (κ3) is 1.61. The molecule has 0 aromatic heterocycles. The van der Waals surface area contributed by atoms with Gasteiger partial charge in [-0.3, -0.25) is 10.1 Å². The summed E-state index contributed by atoms with van der Waals surface area (Å²) in [5.41, 5.74) is -0.126. The zero-order valence-corrected chi connectivity index (χ0v) is 10.3. The number of amides is 3. The molecule has 2 N–H and O–H groups in total. The summed E-state index contributed by atoms with van der Waals surface area (Å²) in [6, 6.07) is 6.93. The molecule has 1 aliphatic rings. The number of imide groups is 1. The molecule has 5 heteroatoms. The standard InChI is InChI=1S/C11H11BrN2O2/c1-2-11(9(15)13-10(16)14-11)7-3-5-8(12)6-4-7/h3-6H,2H2,1H3,(H2,13,14,15,16)/t11-/m1/s1. The van der Waals surface area contributed by atoms with Gasteiger partial charge in [-0.2, -0.15) is 0 Å². The van der Waals surface area contributed by atoms with Crippen LogP contribution in [0.3, 0.4) is 0 Å². The molecule has 2 rings (SSSR count). The van der Waals surface area contributed by atoms with E-state index >= 15 is 0 Å². The molecule has 0 aliphatic carbocycles. The first-order valence-electron chi connectivity index (χ1n) is 4.98. The minimum atomic E-state index is -0.919. The van der Waals surface area contributed by atoms with Gasteiger partial charge in [-0.1, -0.05) is 35.0 Å². The second kappa shape index (κ2) is 3.90. The third-order valence-corrected chi connectivity index (χ3v) is 3.34. The lowest BCUT2D eigenvalue weighted by Crippen LogP contribution is -2.43. The highest BCUT2D eigenvalue weighted by Crippen LogP contribution is 2.29. The number of hydrogen-bond acceptors (Lipinski definition) is 2. The lowest BCUT2D eigenvalue weighted by Gasteiger charge is -2.24. The van der Waals surface area contributed by atoms with Gasteiger partial charge in [0.15, 0.2) is 0 Å². The topological polar surface area (TPSA) is 58.2 Å². The number of urea groups is 1. The van der Waals surface area contributed by atoms with Crippen molar-refractivity contribution in [2.75, 3.05) is 0 Å². The maximum Gasteiger partial charge on any atom is 0.322 e.